The molecule has 0 fully saturated rings. The van der Waals surface area contributed by atoms with Crippen LogP contribution in [0.4, 0.5) is 5.69 Å². The van der Waals surface area contributed by atoms with Gasteiger partial charge in [0.05, 0.1) is 28.9 Å². The molecule has 4 aromatic rings. The van der Waals surface area contributed by atoms with E-state index >= 15 is 0 Å². The molecule has 0 bridgehead atoms. The number of nitriles is 1. The monoisotopic (exact) mass is 416 g/mol. The zero-order valence-electron chi connectivity index (χ0n) is 16.6. The summed E-state index contributed by atoms with van der Waals surface area (Å²) in [6.45, 7) is 2.65. The molecule has 150 valence electrons. The lowest BCUT2D eigenvalue weighted by Crippen LogP contribution is -2.09. The van der Waals surface area contributed by atoms with E-state index in [-0.39, 0.29) is 0 Å². The number of rotatable bonds is 5. The molecule has 0 radical (unpaired) electrons. The lowest BCUT2D eigenvalue weighted by Gasteiger charge is -2.11. The summed E-state index contributed by atoms with van der Waals surface area (Å²) < 4.78 is 27.9. The molecular weight excluding hydrogens is 396 g/mol. The fourth-order valence-corrected chi connectivity index (χ4v) is 3.95. The first-order valence-electron chi connectivity index (χ1n) is 9.36. The number of fused-ring (bicyclic) bond motifs is 1. The van der Waals surface area contributed by atoms with Crippen molar-refractivity contribution in [3.05, 3.63) is 83.4 Å². The van der Waals surface area contributed by atoms with Crippen molar-refractivity contribution in [3.8, 4) is 17.5 Å². The normalized spacial score (nSPS) is 11.4. The Bertz CT molecular complexity index is 1380. The fourth-order valence-electron chi connectivity index (χ4n) is 3.39. The molecule has 4 rings (SSSR count). The van der Waals surface area contributed by atoms with Crippen LogP contribution in [0.1, 0.15) is 16.7 Å². The summed E-state index contributed by atoms with van der Waals surface area (Å²) in [7, 11) is -3.39. The molecule has 0 saturated carbocycles. The Hall–Kier alpha value is -3.63. The molecule has 30 heavy (non-hydrogen) atoms. The number of aryl methyl sites for hydroxylation is 1. The average molecular weight is 417 g/mol. The van der Waals surface area contributed by atoms with Gasteiger partial charge in [-0.3, -0.25) is 4.72 Å². The molecule has 0 saturated heterocycles. The third kappa shape index (κ3) is 4.19. The maximum Gasteiger partial charge on any atom is 0.229 e. The number of anilines is 1. The molecule has 0 aliphatic carbocycles. The third-order valence-electron chi connectivity index (χ3n) is 4.76. The van der Waals surface area contributed by atoms with Gasteiger partial charge >= 0.3 is 0 Å². The number of imidazole rings is 1. The van der Waals surface area contributed by atoms with Crippen molar-refractivity contribution in [1.29, 1.82) is 5.26 Å². The Morgan fingerprint density at radius 1 is 1.07 bits per heavy atom. The van der Waals surface area contributed by atoms with Crippen LogP contribution in [0.25, 0.3) is 22.4 Å². The highest BCUT2D eigenvalue weighted by Crippen LogP contribution is 2.28. The molecule has 0 spiro atoms. The second-order valence-electron chi connectivity index (χ2n) is 7.28. The van der Waals surface area contributed by atoms with E-state index in [9.17, 15) is 13.7 Å². The van der Waals surface area contributed by atoms with Gasteiger partial charge in [-0.2, -0.15) is 5.26 Å². The molecule has 3 aromatic carbocycles. The molecule has 1 aromatic heterocycles. The molecule has 1 heterocycles. The molecule has 0 aliphatic rings. The number of sulfonamides is 1. The molecule has 7 heteroatoms. The Labute approximate surface area is 175 Å². The SMILES string of the molecule is Cc1ccc(Cn2c(-c3cccc(NS(C)(=O)=O)c3)nc3cc(C#N)ccc32)cc1. The fraction of sp³-hybridized carbons (Fsp3) is 0.130. The van der Waals surface area contributed by atoms with Gasteiger partial charge in [0.15, 0.2) is 0 Å². The van der Waals surface area contributed by atoms with Crippen molar-refractivity contribution in [2.24, 2.45) is 0 Å². The highest BCUT2D eigenvalue weighted by molar-refractivity contribution is 7.92. The van der Waals surface area contributed by atoms with Gasteiger partial charge in [-0.05, 0) is 42.8 Å². The standard InChI is InChI=1S/C23H20N4O2S/c1-16-6-8-17(9-7-16)15-27-22-11-10-18(14-24)12-21(22)25-23(27)19-4-3-5-20(13-19)26-30(2,28)29/h3-13,26H,15H2,1-2H3. The number of aromatic nitrogens is 2. The van der Waals surface area contributed by atoms with Crippen molar-refractivity contribution in [1.82, 2.24) is 9.55 Å². The van der Waals surface area contributed by atoms with Crippen molar-refractivity contribution < 1.29 is 8.42 Å². The van der Waals surface area contributed by atoms with Crippen LogP contribution in [0, 0.1) is 18.3 Å². The van der Waals surface area contributed by atoms with E-state index in [1.807, 2.05) is 19.1 Å². The van der Waals surface area contributed by atoms with Gasteiger partial charge < -0.3 is 4.57 Å². The van der Waals surface area contributed by atoms with Gasteiger partial charge in [0.1, 0.15) is 5.82 Å². The van der Waals surface area contributed by atoms with Crippen molar-refractivity contribution >= 4 is 26.7 Å². The van der Waals surface area contributed by atoms with Gasteiger partial charge in [0.2, 0.25) is 10.0 Å². The quantitative estimate of drug-likeness (QED) is 0.525. The summed E-state index contributed by atoms with van der Waals surface area (Å²) in [6.07, 6.45) is 1.12. The zero-order chi connectivity index (χ0) is 21.3. The number of nitrogens with one attached hydrogen (secondary N) is 1. The Kier molecular flexibility index (Phi) is 5.02. The van der Waals surface area contributed by atoms with E-state index in [2.05, 4.69) is 39.6 Å². The maximum atomic E-state index is 11.6. The van der Waals surface area contributed by atoms with E-state index in [0.717, 1.165) is 28.4 Å². The van der Waals surface area contributed by atoms with Crippen LogP contribution >= 0.6 is 0 Å². The summed E-state index contributed by atoms with van der Waals surface area (Å²) in [6, 6.07) is 23.0. The Morgan fingerprint density at radius 3 is 2.53 bits per heavy atom. The van der Waals surface area contributed by atoms with Crippen LogP contribution in [0.5, 0.6) is 0 Å². The topological polar surface area (TPSA) is 87.8 Å². The number of nitrogens with zero attached hydrogens (tertiary/aromatic N) is 3. The number of hydrogen-bond donors (Lipinski definition) is 1. The predicted octanol–water partition coefficient (Wildman–Crippen LogP) is 4.30. The smallest absolute Gasteiger partial charge is 0.229 e. The summed E-state index contributed by atoms with van der Waals surface area (Å²) in [5, 5.41) is 9.25. The predicted molar refractivity (Wildman–Crippen MR) is 119 cm³/mol. The van der Waals surface area contributed by atoms with Crippen molar-refractivity contribution in [2.45, 2.75) is 13.5 Å². The minimum Gasteiger partial charge on any atom is -0.319 e. The largest absolute Gasteiger partial charge is 0.319 e. The first kappa shape index (κ1) is 19.7. The van der Waals surface area contributed by atoms with Gasteiger partial charge in [-0.15, -0.1) is 0 Å². The van der Waals surface area contributed by atoms with Gasteiger partial charge in [-0.1, -0.05) is 42.0 Å². The summed E-state index contributed by atoms with van der Waals surface area (Å²) in [5.41, 5.74) is 5.74. The first-order chi connectivity index (χ1) is 14.3. The van der Waals surface area contributed by atoms with Crippen molar-refractivity contribution in [2.75, 3.05) is 11.0 Å². The lowest BCUT2D eigenvalue weighted by atomic mass is 10.1. The highest BCUT2D eigenvalue weighted by Gasteiger charge is 2.15. The molecule has 6 nitrogen and oxygen atoms in total. The maximum absolute atomic E-state index is 11.6. The third-order valence-corrected chi connectivity index (χ3v) is 5.37. The number of hydrogen-bond acceptors (Lipinski definition) is 4. The minimum absolute atomic E-state index is 0.474. The molecule has 0 unspecified atom stereocenters. The first-order valence-corrected chi connectivity index (χ1v) is 11.3. The van der Waals surface area contributed by atoms with Crippen LogP contribution in [-0.2, 0) is 16.6 Å². The number of benzene rings is 3. The van der Waals surface area contributed by atoms with Crippen molar-refractivity contribution in [3.63, 3.8) is 0 Å². The van der Waals surface area contributed by atoms with Gasteiger partial charge in [0, 0.05) is 17.8 Å². The molecule has 1 N–H and O–H groups in total. The van der Waals surface area contributed by atoms with E-state index in [0.29, 0.717) is 23.6 Å². The lowest BCUT2D eigenvalue weighted by molar-refractivity contribution is 0.607. The van der Waals surface area contributed by atoms with E-state index < -0.39 is 10.0 Å². The van der Waals surface area contributed by atoms with Crippen LogP contribution in [0.3, 0.4) is 0 Å². The molecule has 0 amide bonds. The second kappa shape index (κ2) is 7.65. The molecule has 0 aliphatic heterocycles. The van der Waals surface area contributed by atoms with Gasteiger partial charge in [0.25, 0.3) is 0 Å². The van der Waals surface area contributed by atoms with Crippen LogP contribution in [-0.4, -0.2) is 24.2 Å². The van der Waals surface area contributed by atoms with E-state index in [1.165, 1.54) is 5.56 Å². The average Bonchev–Trinajstić information content (AvgIpc) is 3.06. The van der Waals surface area contributed by atoms with E-state index in [1.54, 1.807) is 30.3 Å². The molecular formula is C23H20N4O2S. The highest BCUT2D eigenvalue weighted by atomic mass is 32.2. The second-order valence-corrected chi connectivity index (χ2v) is 9.03. The summed E-state index contributed by atoms with van der Waals surface area (Å²) >= 11 is 0. The summed E-state index contributed by atoms with van der Waals surface area (Å²) in [5.74, 6) is 0.706. The van der Waals surface area contributed by atoms with Gasteiger partial charge in [-0.25, -0.2) is 13.4 Å². The van der Waals surface area contributed by atoms with Crippen LogP contribution in [0.2, 0.25) is 0 Å². The summed E-state index contributed by atoms with van der Waals surface area (Å²) in [4.78, 5) is 4.78. The Morgan fingerprint density at radius 2 is 1.83 bits per heavy atom. The van der Waals surface area contributed by atoms with E-state index in [4.69, 9.17) is 4.98 Å². The van der Waals surface area contributed by atoms with Crippen LogP contribution < -0.4 is 4.72 Å². The van der Waals surface area contributed by atoms with Crippen LogP contribution in [0.15, 0.2) is 66.7 Å². The zero-order valence-corrected chi connectivity index (χ0v) is 17.4. The Balaban J connectivity index is 1.87. The minimum atomic E-state index is -3.39. The molecule has 0 atom stereocenters.